The van der Waals surface area contributed by atoms with Gasteiger partial charge in [0.25, 0.3) is 0 Å². The molecule has 1 unspecified atom stereocenters. The van der Waals surface area contributed by atoms with E-state index in [9.17, 15) is 4.39 Å². The van der Waals surface area contributed by atoms with Gasteiger partial charge in [0.15, 0.2) is 6.30 Å². The van der Waals surface area contributed by atoms with Crippen LogP contribution < -0.4 is 0 Å². The molecule has 2 nitrogen and oxygen atoms in total. The Hall–Kier alpha value is -0.600. The Balaban J connectivity index is 3.47. The molecule has 0 N–H and O–H groups in total. The van der Waals surface area contributed by atoms with Gasteiger partial charge in [-0.3, -0.25) is 5.01 Å². The first-order valence-corrected chi connectivity index (χ1v) is 2.54. The number of hydrazone groups is 1. The largest absolute Gasteiger partial charge is 0.268 e. The number of halogens is 1. The van der Waals surface area contributed by atoms with Gasteiger partial charge in [0.05, 0.1) is 0 Å². The lowest BCUT2D eigenvalue weighted by Crippen LogP contribution is -2.18. The number of nitrogens with zero attached hydrogens (tertiary/aromatic N) is 2. The maximum atomic E-state index is 12.1. The van der Waals surface area contributed by atoms with Gasteiger partial charge in [0.1, 0.15) is 0 Å². The fourth-order valence-electron chi connectivity index (χ4n) is 0.274. The molecular weight excluding hydrogens is 107 g/mol. The van der Waals surface area contributed by atoms with Crippen LogP contribution in [0.1, 0.15) is 13.8 Å². The van der Waals surface area contributed by atoms with Crippen molar-refractivity contribution < 1.29 is 4.39 Å². The van der Waals surface area contributed by atoms with Gasteiger partial charge in [-0.05, 0) is 13.8 Å². The van der Waals surface area contributed by atoms with Crippen LogP contribution in [-0.2, 0) is 0 Å². The quantitative estimate of drug-likeness (QED) is 0.302. The van der Waals surface area contributed by atoms with Crippen LogP contribution in [0.25, 0.3) is 0 Å². The van der Waals surface area contributed by atoms with Crippen molar-refractivity contribution >= 4 is 6.21 Å². The lowest BCUT2D eigenvalue weighted by atomic mass is 10.7. The van der Waals surface area contributed by atoms with Gasteiger partial charge < -0.3 is 0 Å². The van der Waals surface area contributed by atoms with Crippen LogP contribution in [-0.4, -0.2) is 24.6 Å². The molecule has 1 atom stereocenters. The van der Waals surface area contributed by atoms with E-state index in [0.29, 0.717) is 0 Å². The molecule has 0 radical (unpaired) electrons. The van der Waals surface area contributed by atoms with Crippen molar-refractivity contribution in [3.63, 3.8) is 0 Å². The van der Waals surface area contributed by atoms with E-state index in [1.807, 2.05) is 0 Å². The lowest BCUT2D eigenvalue weighted by Gasteiger charge is -2.12. The fraction of sp³-hybridized carbons (Fsp3) is 0.800. The fourth-order valence-corrected chi connectivity index (χ4v) is 0.274. The molecule has 0 spiro atoms. The zero-order chi connectivity index (χ0) is 6.57. The van der Waals surface area contributed by atoms with Crippen molar-refractivity contribution in [1.29, 1.82) is 0 Å². The monoisotopic (exact) mass is 118 g/mol. The third-order valence-corrected chi connectivity index (χ3v) is 0.813. The SMILES string of the molecule is C/C=N\N(C)C(C)F. The second-order valence-electron chi connectivity index (χ2n) is 1.52. The Bertz CT molecular complexity index is 80.5. The molecule has 0 heterocycles. The third kappa shape index (κ3) is 2.55. The molecule has 0 aromatic heterocycles. The highest BCUT2D eigenvalue weighted by atomic mass is 19.1. The predicted octanol–water partition coefficient (Wildman–Crippen LogP) is 1.24. The highest BCUT2D eigenvalue weighted by molar-refractivity contribution is 5.52. The topological polar surface area (TPSA) is 15.6 Å². The standard InChI is InChI=1S/C5H11FN2/c1-4-7-8(3)5(2)6/h4-5H,1-3H3/b7-4-. The molecule has 0 aromatic rings. The van der Waals surface area contributed by atoms with Gasteiger partial charge >= 0.3 is 0 Å². The minimum atomic E-state index is -0.994. The van der Waals surface area contributed by atoms with Gasteiger partial charge in [-0.25, -0.2) is 4.39 Å². The first-order valence-electron chi connectivity index (χ1n) is 2.54. The van der Waals surface area contributed by atoms with Gasteiger partial charge in [0, 0.05) is 13.3 Å². The summed E-state index contributed by atoms with van der Waals surface area (Å²) >= 11 is 0. The Labute approximate surface area is 49.0 Å². The summed E-state index contributed by atoms with van der Waals surface area (Å²) in [5.41, 5.74) is 0. The molecule has 8 heavy (non-hydrogen) atoms. The van der Waals surface area contributed by atoms with E-state index in [4.69, 9.17) is 0 Å². The number of rotatable bonds is 2. The third-order valence-electron chi connectivity index (χ3n) is 0.813. The molecule has 3 heteroatoms. The average molecular weight is 118 g/mol. The molecule has 0 saturated carbocycles. The molecule has 0 rings (SSSR count). The highest BCUT2D eigenvalue weighted by Crippen LogP contribution is 1.94. The van der Waals surface area contributed by atoms with E-state index < -0.39 is 6.30 Å². The first kappa shape index (κ1) is 7.40. The molecule has 0 aromatic carbocycles. The maximum absolute atomic E-state index is 12.1. The summed E-state index contributed by atoms with van der Waals surface area (Å²) in [6.07, 6.45) is 0.557. The van der Waals surface area contributed by atoms with Crippen LogP contribution in [0, 0.1) is 0 Å². The van der Waals surface area contributed by atoms with E-state index in [-0.39, 0.29) is 0 Å². The van der Waals surface area contributed by atoms with Gasteiger partial charge in [-0.1, -0.05) is 0 Å². The Morgan fingerprint density at radius 1 is 1.75 bits per heavy atom. The molecular formula is C5H11FN2. The first-order chi connectivity index (χ1) is 3.68. The van der Waals surface area contributed by atoms with Gasteiger partial charge in [0.2, 0.25) is 0 Å². The smallest absolute Gasteiger partial charge is 0.184 e. The number of hydrogen-bond acceptors (Lipinski definition) is 2. The van der Waals surface area contributed by atoms with E-state index in [2.05, 4.69) is 5.10 Å². The zero-order valence-corrected chi connectivity index (χ0v) is 5.43. The molecule has 0 aliphatic carbocycles. The van der Waals surface area contributed by atoms with Crippen LogP contribution in [0.3, 0.4) is 0 Å². The van der Waals surface area contributed by atoms with Crippen LogP contribution in [0.15, 0.2) is 5.10 Å². The summed E-state index contributed by atoms with van der Waals surface area (Å²) in [6, 6.07) is 0. The maximum Gasteiger partial charge on any atom is 0.184 e. The average Bonchev–Trinajstić information content (AvgIpc) is 1.67. The summed E-state index contributed by atoms with van der Waals surface area (Å²) in [5, 5.41) is 4.91. The minimum Gasteiger partial charge on any atom is -0.268 e. The molecule has 0 aliphatic rings. The highest BCUT2D eigenvalue weighted by Gasteiger charge is 1.98. The molecule has 0 aliphatic heterocycles. The van der Waals surface area contributed by atoms with Crippen LogP contribution in [0.2, 0.25) is 0 Å². The molecule has 0 saturated heterocycles. The van der Waals surface area contributed by atoms with Gasteiger partial charge in [-0.2, -0.15) is 5.10 Å². The second kappa shape index (κ2) is 3.41. The summed E-state index contributed by atoms with van der Waals surface area (Å²) in [7, 11) is 1.59. The van der Waals surface area contributed by atoms with Crippen molar-refractivity contribution in [1.82, 2.24) is 5.01 Å². The van der Waals surface area contributed by atoms with E-state index >= 15 is 0 Å². The van der Waals surface area contributed by atoms with Crippen molar-refractivity contribution in [2.24, 2.45) is 5.10 Å². The van der Waals surface area contributed by atoms with Crippen molar-refractivity contribution in [2.45, 2.75) is 20.1 Å². The normalized spacial score (nSPS) is 14.5. The molecule has 0 amide bonds. The summed E-state index contributed by atoms with van der Waals surface area (Å²) in [6.45, 7) is 3.19. The number of hydrogen-bond donors (Lipinski definition) is 0. The Kier molecular flexibility index (Phi) is 3.15. The van der Waals surface area contributed by atoms with Crippen molar-refractivity contribution in [3.8, 4) is 0 Å². The molecule has 0 bridgehead atoms. The summed E-state index contributed by atoms with van der Waals surface area (Å²) in [4.78, 5) is 0. The lowest BCUT2D eigenvalue weighted by molar-refractivity contribution is 0.133. The number of alkyl halides is 1. The minimum absolute atomic E-state index is 0.994. The van der Waals surface area contributed by atoms with Gasteiger partial charge in [-0.15, -0.1) is 0 Å². The zero-order valence-electron chi connectivity index (χ0n) is 5.43. The molecule has 0 fully saturated rings. The second-order valence-corrected chi connectivity index (χ2v) is 1.52. The Morgan fingerprint density at radius 3 is 2.38 bits per heavy atom. The van der Waals surface area contributed by atoms with Crippen LogP contribution in [0.4, 0.5) is 4.39 Å². The summed E-state index contributed by atoms with van der Waals surface area (Å²) in [5.74, 6) is 0. The van der Waals surface area contributed by atoms with E-state index in [0.717, 1.165) is 0 Å². The van der Waals surface area contributed by atoms with Crippen LogP contribution in [0.5, 0.6) is 0 Å². The molecule has 48 valence electrons. The Morgan fingerprint density at radius 2 is 2.25 bits per heavy atom. The van der Waals surface area contributed by atoms with Crippen molar-refractivity contribution in [2.75, 3.05) is 7.05 Å². The van der Waals surface area contributed by atoms with Crippen molar-refractivity contribution in [3.05, 3.63) is 0 Å². The van der Waals surface area contributed by atoms with E-state index in [1.165, 1.54) is 11.9 Å². The summed E-state index contributed by atoms with van der Waals surface area (Å²) < 4.78 is 12.1. The predicted molar refractivity (Wildman–Crippen MR) is 32.5 cm³/mol. The van der Waals surface area contributed by atoms with E-state index in [1.54, 1.807) is 20.2 Å². The van der Waals surface area contributed by atoms with Crippen LogP contribution >= 0.6 is 0 Å².